The number of hydrogen-bond acceptors (Lipinski definition) is 3. The van der Waals surface area contributed by atoms with Gasteiger partial charge in [-0.2, -0.15) is 0 Å². The molecule has 0 saturated heterocycles. The molecular weight excluding hydrogens is 183 g/mol. The van der Waals surface area contributed by atoms with Gasteiger partial charge in [0.2, 0.25) is 0 Å². The van der Waals surface area contributed by atoms with Gasteiger partial charge < -0.3 is 4.52 Å². The van der Waals surface area contributed by atoms with Crippen LogP contribution in [0.1, 0.15) is 20.8 Å². The average Bonchev–Trinajstić information content (AvgIpc) is 1.86. The summed E-state index contributed by atoms with van der Waals surface area (Å²) in [6.07, 6.45) is 2.11. The summed E-state index contributed by atoms with van der Waals surface area (Å²) in [5, 5.41) is 0.685. The highest BCUT2D eigenvalue weighted by Crippen LogP contribution is 2.61. The number of hydrogen-bond donors (Lipinski definition) is 0. The second-order valence-electron chi connectivity index (χ2n) is 1.98. The van der Waals surface area contributed by atoms with Crippen LogP contribution in [0.25, 0.3) is 0 Å². The van der Waals surface area contributed by atoms with Crippen molar-refractivity contribution in [1.82, 2.24) is 0 Å². The van der Waals surface area contributed by atoms with Gasteiger partial charge >= 0.3 is 0 Å². The van der Waals surface area contributed by atoms with E-state index in [1.54, 1.807) is 0 Å². The van der Waals surface area contributed by atoms with Gasteiger partial charge in [0.25, 0.3) is 0 Å². The molecule has 0 aliphatic carbocycles. The van der Waals surface area contributed by atoms with Gasteiger partial charge in [0, 0.05) is 5.25 Å². The zero-order chi connectivity index (χ0) is 7.98. The van der Waals surface area contributed by atoms with Crippen LogP contribution in [0, 0.1) is 0 Å². The maximum Gasteiger partial charge on any atom is 0.151 e. The van der Waals surface area contributed by atoms with E-state index in [-0.39, 0.29) is 6.55 Å². The largest absolute Gasteiger partial charge is 0.339 e. The summed E-state index contributed by atoms with van der Waals surface area (Å²) in [6.45, 7) is 7.03. The van der Waals surface area contributed by atoms with Crippen molar-refractivity contribution < 1.29 is 4.52 Å². The minimum absolute atomic E-state index is 0.265. The van der Waals surface area contributed by atoms with Crippen LogP contribution in [0.5, 0.6) is 0 Å². The summed E-state index contributed by atoms with van der Waals surface area (Å²) in [5.41, 5.74) is 0. The topological polar surface area (TPSA) is 9.23 Å². The molecule has 62 valence electrons. The Hall–Kier alpha value is 1.09. The SMILES string of the molecule is CCOP(SC)SC(C)C. The fourth-order valence-corrected chi connectivity index (χ4v) is 5.96. The summed E-state index contributed by atoms with van der Waals surface area (Å²) in [6, 6.07) is 0. The third-order valence-electron chi connectivity index (χ3n) is 0.680. The fraction of sp³-hybridized carbons (Fsp3) is 1.00. The van der Waals surface area contributed by atoms with Crippen molar-refractivity contribution >= 4 is 29.3 Å². The van der Waals surface area contributed by atoms with Gasteiger partial charge in [-0.1, -0.05) is 36.6 Å². The van der Waals surface area contributed by atoms with Crippen molar-refractivity contribution in [2.45, 2.75) is 26.0 Å². The maximum absolute atomic E-state index is 5.49. The van der Waals surface area contributed by atoms with E-state index in [0.717, 1.165) is 6.61 Å². The summed E-state index contributed by atoms with van der Waals surface area (Å²) in [5.74, 6) is 0. The smallest absolute Gasteiger partial charge is 0.151 e. The van der Waals surface area contributed by atoms with E-state index >= 15 is 0 Å². The van der Waals surface area contributed by atoms with Crippen molar-refractivity contribution in [2.24, 2.45) is 0 Å². The summed E-state index contributed by atoms with van der Waals surface area (Å²) < 4.78 is 5.49. The second kappa shape index (κ2) is 6.78. The second-order valence-corrected chi connectivity index (χ2v) is 8.61. The Labute approximate surface area is 73.0 Å². The van der Waals surface area contributed by atoms with E-state index < -0.39 is 0 Å². The third-order valence-corrected chi connectivity index (χ3v) is 7.47. The van der Waals surface area contributed by atoms with Crippen molar-refractivity contribution in [3.05, 3.63) is 0 Å². The molecule has 0 radical (unpaired) electrons. The highest BCUT2D eigenvalue weighted by Gasteiger charge is 2.08. The molecule has 0 aliphatic rings. The normalized spacial score (nSPS) is 14.1. The summed E-state index contributed by atoms with van der Waals surface area (Å²) in [4.78, 5) is 0. The lowest BCUT2D eigenvalue weighted by Crippen LogP contribution is -1.85. The van der Waals surface area contributed by atoms with Gasteiger partial charge in [0.1, 0.15) is 0 Å². The van der Waals surface area contributed by atoms with Crippen molar-refractivity contribution in [1.29, 1.82) is 0 Å². The molecule has 0 aromatic heterocycles. The minimum Gasteiger partial charge on any atom is -0.339 e. The van der Waals surface area contributed by atoms with Crippen LogP contribution >= 0.6 is 29.3 Å². The molecule has 0 fully saturated rings. The van der Waals surface area contributed by atoms with Gasteiger partial charge in [0.15, 0.2) is 6.55 Å². The van der Waals surface area contributed by atoms with Crippen LogP contribution in [-0.2, 0) is 4.52 Å². The molecule has 1 nitrogen and oxygen atoms in total. The Bertz CT molecular complexity index is 80.1. The van der Waals surface area contributed by atoms with E-state index in [2.05, 4.69) is 20.1 Å². The first-order valence-electron chi connectivity index (χ1n) is 3.34. The highest BCUT2D eigenvalue weighted by atomic mass is 33.1. The van der Waals surface area contributed by atoms with E-state index in [4.69, 9.17) is 4.52 Å². The first-order chi connectivity index (χ1) is 4.70. The van der Waals surface area contributed by atoms with Crippen LogP contribution in [-0.4, -0.2) is 18.1 Å². The molecule has 0 heterocycles. The lowest BCUT2D eigenvalue weighted by Gasteiger charge is -2.14. The molecule has 0 spiro atoms. The third kappa shape index (κ3) is 5.84. The molecule has 0 aliphatic heterocycles. The molecule has 0 amide bonds. The monoisotopic (exact) mass is 198 g/mol. The Balaban J connectivity index is 3.39. The van der Waals surface area contributed by atoms with Gasteiger partial charge in [-0.05, 0) is 13.2 Å². The standard InChI is InChI=1S/C6H15OPS2/c1-5-7-8(9-4)10-6(2)3/h6H,5H2,1-4H3. The highest BCUT2D eigenvalue weighted by molar-refractivity contribution is 8.86. The van der Waals surface area contributed by atoms with E-state index in [1.165, 1.54) is 0 Å². The molecule has 0 rings (SSSR count). The van der Waals surface area contributed by atoms with Gasteiger partial charge in [0.05, 0.1) is 6.61 Å². The first kappa shape index (κ1) is 11.1. The summed E-state index contributed by atoms with van der Waals surface area (Å²) in [7, 11) is 0. The predicted octanol–water partition coefficient (Wildman–Crippen LogP) is 3.75. The van der Waals surface area contributed by atoms with Crippen LogP contribution in [0.2, 0.25) is 0 Å². The molecule has 1 atom stereocenters. The zero-order valence-corrected chi connectivity index (χ0v) is 9.48. The number of rotatable bonds is 5. The van der Waals surface area contributed by atoms with Gasteiger partial charge in [-0.25, -0.2) is 0 Å². The predicted molar refractivity (Wildman–Crippen MR) is 54.8 cm³/mol. The maximum atomic E-state index is 5.49. The van der Waals surface area contributed by atoms with Crippen LogP contribution in [0.4, 0.5) is 0 Å². The molecule has 0 aromatic carbocycles. The minimum atomic E-state index is -0.265. The van der Waals surface area contributed by atoms with Crippen molar-refractivity contribution in [3.8, 4) is 0 Å². The molecule has 0 saturated carbocycles. The first-order valence-corrected chi connectivity index (χ1v) is 7.92. The Morgan fingerprint density at radius 3 is 2.40 bits per heavy atom. The van der Waals surface area contributed by atoms with Crippen LogP contribution < -0.4 is 0 Å². The molecule has 0 bridgehead atoms. The molecular formula is C6H15OPS2. The molecule has 0 aromatic rings. The van der Waals surface area contributed by atoms with Gasteiger partial charge in [-0.15, -0.1) is 0 Å². The molecule has 10 heavy (non-hydrogen) atoms. The average molecular weight is 198 g/mol. The van der Waals surface area contributed by atoms with E-state index in [0.29, 0.717) is 5.25 Å². The Morgan fingerprint density at radius 2 is 2.10 bits per heavy atom. The van der Waals surface area contributed by atoms with Crippen molar-refractivity contribution in [3.63, 3.8) is 0 Å². The van der Waals surface area contributed by atoms with E-state index in [1.807, 2.05) is 29.7 Å². The zero-order valence-electron chi connectivity index (χ0n) is 6.96. The molecule has 0 N–H and O–H groups in total. The lowest BCUT2D eigenvalue weighted by atomic mass is 10.6. The van der Waals surface area contributed by atoms with Crippen LogP contribution in [0.3, 0.4) is 0 Å². The Morgan fingerprint density at radius 1 is 1.50 bits per heavy atom. The molecule has 1 unspecified atom stereocenters. The fourth-order valence-electron chi connectivity index (χ4n) is 0.404. The van der Waals surface area contributed by atoms with Crippen LogP contribution in [0.15, 0.2) is 0 Å². The van der Waals surface area contributed by atoms with Gasteiger partial charge in [-0.3, -0.25) is 0 Å². The summed E-state index contributed by atoms with van der Waals surface area (Å²) >= 11 is 3.76. The lowest BCUT2D eigenvalue weighted by molar-refractivity contribution is 0.394. The Kier molecular flexibility index (Phi) is 7.52. The van der Waals surface area contributed by atoms with Crippen molar-refractivity contribution in [2.75, 3.05) is 12.9 Å². The quantitative estimate of drug-likeness (QED) is 0.622. The van der Waals surface area contributed by atoms with E-state index in [9.17, 15) is 0 Å². The molecule has 4 heteroatoms.